The Bertz CT molecular complexity index is 1420. The van der Waals surface area contributed by atoms with Crippen LogP contribution in [0.2, 0.25) is 5.02 Å². The number of nitrogens with zero attached hydrogens (tertiary/aromatic N) is 2. The lowest BCUT2D eigenvalue weighted by Gasteiger charge is -2.34. The minimum absolute atomic E-state index is 0.0352. The molecule has 2 aliphatic rings. The molecule has 2 N–H and O–H groups in total. The fraction of sp³-hybridized carbons (Fsp3) is 0.286. The molecule has 9 heteroatoms. The average Bonchev–Trinajstić information content (AvgIpc) is 3.42. The number of hydrogen-bond donors (Lipinski definition) is 2. The number of nitrogens with one attached hydrogen (secondary N) is 1. The maximum atomic E-state index is 17.2. The second-order valence-corrected chi connectivity index (χ2v) is 9.80. The highest BCUT2D eigenvalue weighted by Crippen LogP contribution is 2.49. The van der Waals surface area contributed by atoms with Crippen LogP contribution in [0.4, 0.5) is 4.39 Å². The van der Waals surface area contributed by atoms with Gasteiger partial charge in [-0.2, -0.15) is 5.26 Å². The van der Waals surface area contributed by atoms with Crippen molar-refractivity contribution in [2.24, 2.45) is 0 Å². The quantitative estimate of drug-likeness (QED) is 0.363. The van der Waals surface area contributed by atoms with E-state index in [1.807, 2.05) is 6.07 Å². The average molecular weight is 520 g/mol. The van der Waals surface area contributed by atoms with Crippen molar-refractivity contribution in [3.8, 4) is 6.07 Å². The van der Waals surface area contributed by atoms with E-state index in [1.165, 1.54) is 67.7 Å². The second-order valence-electron chi connectivity index (χ2n) is 9.37. The normalized spacial score (nSPS) is 26.5. The third kappa shape index (κ3) is 4.34. The molecule has 0 radical (unpaired) electrons. The highest BCUT2D eigenvalue weighted by molar-refractivity contribution is 6.30. The largest absolute Gasteiger partial charge is 0.393 e. The zero-order valence-electron chi connectivity index (χ0n) is 19.9. The van der Waals surface area contributed by atoms with Gasteiger partial charge in [-0.3, -0.25) is 14.6 Å². The number of Topliss-reactive ketones (excluding diaryl/α,β-unsaturated/α-hetero) is 2. The first-order chi connectivity index (χ1) is 17.7. The summed E-state index contributed by atoms with van der Waals surface area (Å²) >= 11 is 6.05. The maximum Gasteiger partial charge on any atom is 0.232 e. The van der Waals surface area contributed by atoms with Crippen molar-refractivity contribution in [1.29, 1.82) is 5.26 Å². The zero-order valence-corrected chi connectivity index (χ0v) is 20.6. The fourth-order valence-corrected chi connectivity index (χ4v) is 5.14. The number of rotatable bonds is 6. The molecule has 5 rings (SSSR count). The van der Waals surface area contributed by atoms with Crippen LogP contribution < -0.4 is 5.32 Å². The van der Waals surface area contributed by atoms with E-state index >= 15 is 4.39 Å². The lowest BCUT2D eigenvalue weighted by molar-refractivity contribution is -0.107. The summed E-state index contributed by atoms with van der Waals surface area (Å²) in [6.07, 6.45) is 1.35. The van der Waals surface area contributed by atoms with Crippen LogP contribution in [0.1, 0.15) is 69.3 Å². The summed E-state index contributed by atoms with van der Waals surface area (Å²) in [6.45, 7) is 1.38. The van der Waals surface area contributed by atoms with Gasteiger partial charge in [0.05, 0.1) is 17.8 Å². The number of aromatic nitrogens is 1. The molecule has 188 valence electrons. The van der Waals surface area contributed by atoms with Gasteiger partial charge < -0.3 is 9.84 Å². The van der Waals surface area contributed by atoms with Crippen molar-refractivity contribution in [2.45, 2.75) is 49.9 Å². The van der Waals surface area contributed by atoms with Crippen molar-refractivity contribution in [3.05, 3.63) is 99.3 Å². The van der Waals surface area contributed by atoms with Crippen LogP contribution in [-0.4, -0.2) is 33.9 Å². The molecule has 2 heterocycles. The van der Waals surface area contributed by atoms with E-state index in [-0.39, 0.29) is 45.7 Å². The summed E-state index contributed by atoms with van der Waals surface area (Å²) in [5.41, 5.74) is -1.10. The van der Waals surface area contributed by atoms with Gasteiger partial charge in [0.1, 0.15) is 11.8 Å². The molecular formula is C28H23ClFN3O4. The Labute approximate surface area is 217 Å². The molecule has 3 aromatic rings. The number of benzene rings is 2. The predicted octanol–water partition coefficient (Wildman–Crippen LogP) is 4.55. The lowest BCUT2D eigenvalue weighted by Crippen LogP contribution is -2.54. The molecule has 1 aliphatic heterocycles. The standard InChI is InChI=1S/C28H23ClFN3O4/c1-16(34)18-3-10-23-24(12-18)27(30,19-4-6-20(29)7-5-19)33-28(23,37-22-9-8-21(35)13-22)26(36)25-11-2-17(14-31)15-32-25/h2-7,10-12,15,21-22,33,35H,8-9,13H2,1H3. The van der Waals surface area contributed by atoms with E-state index in [9.17, 15) is 14.7 Å². The number of carbonyl (C=O) groups is 2. The Hall–Kier alpha value is -3.48. The Morgan fingerprint density at radius 2 is 1.92 bits per heavy atom. The summed E-state index contributed by atoms with van der Waals surface area (Å²) in [6, 6.07) is 15.3. The van der Waals surface area contributed by atoms with E-state index in [0.717, 1.165) is 0 Å². The molecule has 1 aliphatic carbocycles. The van der Waals surface area contributed by atoms with Crippen LogP contribution in [-0.2, 0) is 16.3 Å². The van der Waals surface area contributed by atoms with Crippen LogP contribution in [0.15, 0.2) is 60.8 Å². The molecule has 37 heavy (non-hydrogen) atoms. The topological polar surface area (TPSA) is 112 Å². The molecule has 0 amide bonds. The van der Waals surface area contributed by atoms with Gasteiger partial charge in [0, 0.05) is 33.5 Å². The van der Waals surface area contributed by atoms with Crippen molar-refractivity contribution < 1.29 is 23.8 Å². The van der Waals surface area contributed by atoms with Crippen LogP contribution >= 0.6 is 11.6 Å². The summed E-state index contributed by atoms with van der Waals surface area (Å²) in [4.78, 5) is 30.5. The number of ketones is 2. The maximum absolute atomic E-state index is 17.2. The van der Waals surface area contributed by atoms with Crippen LogP contribution in [0, 0.1) is 11.3 Å². The van der Waals surface area contributed by atoms with Gasteiger partial charge in [-0.15, -0.1) is 0 Å². The Morgan fingerprint density at radius 1 is 1.16 bits per heavy atom. The monoisotopic (exact) mass is 519 g/mol. The minimum Gasteiger partial charge on any atom is -0.393 e. The van der Waals surface area contributed by atoms with Gasteiger partial charge in [0.15, 0.2) is 5.78 Å². The predicted molar refractivity (Wildman–Crippen MR) is 133 cm³/mol. The second kappa shape index (κ2) is 9.43. The van der Waals surface area contributed by atoms with Crippen LogP contribution in [0.25, 0.3) is 0 Å². The summed E-state index contributed by atoms with van der Waals surface area (Å²) < 4.78 is 23.6. The fourth-order valence-electron chi connectivity index (χ4n) is 5.01. The van der Waals surface area contributed by atoms with Gasteiger partial charge >= 0.3 is 0 Å². The van der Waals surface area contributed by atoms with Gasteiger partial charge in [0.25, 0.3) is 0 Å². The number of aliphatic hydroxyl groups excluding tert-OH is 1. The Kier molecular flexibility index (Phi) is 6.42. The van der Waals surface area contributed by atoms with E-state index < -0.39 is 29.5 Å². The smallest absolute Gasteiger partial charge is 0.232 e. The first-order valence-corrected chi connectivity index (χ1v) is 12.2. The third-order valence-corrected chi connectivity index (χ3v) is 7.16. The summed E-state index contributed by atoms with van der Waals surface area (Å²) in [7, 11) is 0. The van der Waals surface area contributed by atoms with Gasteiger partial charge in [-0.25, -0.2) is 9.71 Å². The molecular weight excluding hydrogens is 497 g/mol. The highest BCUT2D eigenvalue weighted by atomic mass is 35.5. The van der Waals surface area contributed by atoms with Crippen molar-refractivity contribution in [2.75, 3.05) is 0 Å². The lowest BCUT2D eigenvalue weighted by atomic mass is 9.90. The number of carbonyl (C=O) groups excluding carboxylic acids is 2. The molecule has 4 unspecified atom stereocenters. The van der Waals surface area contributed by atoms with Crippen LogP contribution in [0.3, 0.4) is 0 Å². The zero-order chi connectivity index (χ0) is 26.4. The van der Waals surface area contributed by atoms with Gasteiger partial charge in [-0.05, 0) is 56.5 Å². The molecule has 0 saturated heterocycles. The number of aliphatic hydroxyl groups is 1. The molecule has 4 atom stereocenters. The molecule has 0 bridgehead atoms. The van der Waals surface area contributed by atoms with Gasteiger partial charge in [-0.1, -0.05) is 35.9 Å². The van der Waals surface area contributed by atoms with E-state index in [4.69, 9.17) is 21.6 Å². The highest BCUT2D eigenvalue weighted by Gasteiger charge is 2.60. The minimum atomic E-state index is -2.43. The number of pyridine rings is 1. The molecule has 1 aromatic heterocycles. The van der Waals surface area contributed by atoms with Gasteiger partial charge in [0.2, 0.25) is 17.3 Å². The summed E-state index contributed by atoms with van der Waals surface area (Å²) in [5.74, 6) is -3.35. The number of hydrogen-bond acceptors (Lipinski definition) is 7. The number of ether oxygens (including phenoxy) is 1. The van der Waals surface area contributed by atoms with Crippen molar-refractivity contribution in [3.63, 3.8) is 0 Å². The number of fused-ring (bicyclic) bond motifs is 1. The molecule has 0 spiro atoms. The third-order valence-electron chi connectivity index (χ3n) is 6.91. The van der Waals surface area contributed by atoms with Crippen molar-refractivity contribution in [1.82, 2.24) is 10.3 Å². The summed E-state index contributed by atoms with van der Waals surface area (Å²) in [5, 5.41) is 22.5. The van der Waals surface area contributed by atoms with E-state index in [2.05, 4.69) is 10.3 Å². The van der Waals surface area contributed by atoms with Crippen LogP contribution in [0.5, 0.6) is 0 Å². The SMILES string of the molecule is CC(=O)c1ccc2c(c1)C(F)(c1ccc(Cl)cc1)NC2(OC1CCC(O)C1)C(=O)c1ccc(C#N)cn1. The molecule has 1 saturated carbocycles. The number of alkyl halides is 1. The Balaban J connectivity index is 1.72. The molecule has 2 aromatic carbocycles. The first kappa shape index (κ1) is 25.2. The molecule has 1 fully saturated rings. The Morgan fingerprint density at radius 3 is 2.51 bits per heavy atom. The number of halogens is 2. The van der Waals surface area contributed by atoms with E-state index in [1.54, 1.807) is 0 Å². The van der Waals surface area contributed by atoms with Crippen molar-refractivity contribution >= 4 is 23.2 Å². The molecule has 7 nitrogen and oxygen atoms in total. The van der Waals surface area contributed by atoms with E-state index in [0.29, 0.717) is 17.9 Å². The number of nitriles is 1. The first-order valence-electron chi connectivity index (χ1n) is 11.8.